The molecular formula is C13H20N2O6. The van der Waals surface area contributed by atoms with Gasteiger partial charge >= 0.3 is 5.69 Å². The zero-order valence-electron chi connectivity index (χ0n) is 12.0. The molecule has 0 aromatic carbocycles. The standard InChI is InChI=1S/C13H20N2O6/c1-3-4-20-10-9(17)8(6-16)21-12(10)15-5-7(2)11(18)14-13(15)19/h5,8-10,12,16-17H,3-4,6H2,1-2H3,(H,14,18,19)/t8-,9?,10+,12-/m1/s1. The van der Waals surface area contributed by atoms with Crippen molar-refractivity contribution in [1.82, 2.24) is 9.55 Å². The second-order valence-electron chi connectivity index (χ2n) is 5.05. The first-order chi connectivity index (χ1) is 9.99. The summed E-state index contributed by atoms with van der Waals surface area (Å²) in [6.45, 7) is 3.47. The molecule has 0 saturated carbocycles. The number of rotatable bonds is 5. The van der Waals surface area contributed by atoms with Crippen LogP contribution in [0.25, 0.3) is 0 Å². The van der Waals surface area contributed by atoms with Crippen LogP contribution in [0, 0.1) is 6.92 Å². The Labute approximate surface area is 120 Å². The minimum Gasteiger partial charge on any atom is -0.394 e. The number of aliphatic hydroxyl groups is 2. The Kier molecular flexibility index (Phi) is 4.94. The van der Waals surface area contributed by atoms with Gasteiger partial charge in [0.25, 0.3) is 5.56 Å². The molecule has 3 N–H and O–H groups in total. The van der Waals surface area contributed by atoms with Gasteiger partial charge in [-0.1, -0.05) is 6.92 Å². The lowest BCUT2D eigenvalue weighted by molar-refractivity contribution is -0.0742. The average molecular weight is 300 g/mol. The fraction of sp³-hybridized carbons (Fsp3) is 0.692. The molecule has 1 unspecified atom stereocenters. The molecule has 4 atom stereocenters. The third-order valence-electron chi connectivity index (χ3n) is 3.43. The summed E-state index contributed by atoms with van der Waals surface area (Å²) in [7, 11) is 0. The van der Waals surface area contributed by atoms with Crippen LogP contribution in [-0.2, 0) is 9.47 Å². The van der Waals surface area contributed by atoms with Crippen molar-refractivity contribution in [1.29, 1.82) is 0 Å². The summed E-state index contributed by atoms with van der Waals surface area (Å²) in [5, 5.41) is 19.4. The van der Waals surface area contributed by atoms with Gasteiger partial charge in [0, 0.05) is 18.4 Å². The van der Waals surface area contributed by atoms with Gasteiger partial charge in [0.05, 0.1) is 6.61 Å². The average Bonchev–Trinajstić information content (AvgIpc) is 2.77. The summed E-state index contributed by atoms with van der Waals surface area (Å²) >= 11 is 0. The number of aromatic nitrogens is 2. The van der Waals surface area contributed by atoms with E-state index in [0.717, 1.165) is 6.42 Å². The number of hydrogen-bond donors (Lipinski definition) is 3. The Morgan fingerprint density at radius 1 is 1.48 bits per heavy atom. The van der Waals surface area contributed by atoms with E-state index in [1.807, 2.05) is 6.92 Å². The number of aromatic amines is 1. The van der Waals surface area contributed by atoms with Crippen LogP contribution in [0.3, 0.4) is 0 Å². The number of aliphatic hydroxyl groups excluding tert-OH is 2. The Hall–Kier alpha value is -1.48. The van der Waals surface area contributed by atoms with Gasteiger partial charge in [0.1, 0.15) is 18.3 Å². The molecule has 2 rings (SSSR count). The molecule has 0 radical (unpaired) electrons. The van der Waals surface area contributed by atoms with Gasteiger partial charge in [-0.15, -0.1) is 0 Å². The Morgan fingerprint density at radius 2 is 2.19 bits per heavy atom. The number of ether oxygens (including phenoxy) is 2. The third-order valence-corrected chi connectivity index (χ3v) is 3.43. The first-order valence-electron chi connectivity index (χ1n) is 6.87. The van der Waals surface area contributed by atoms with Gasteiger partial charge in [-0.2, -0.15) is 0 Å². The molecule has 0 spiro atoms. The van der Waals surface area contributed by atoms with Crippen LogP contribution in [0.4, 0.5) is 0 Å². The fourth-order valence-corrected chi connectivity index (χ4v) is 2.30. The zero-order chi connectivity index (χ0) is 15.6. The largest absolute Gasteiger partial charge is 0.394 e. The van der Waals surface area contributed by atoms with Crippen LogP contribution >= 0.6 is 0 Å². The van der Waals surface area contributed by atoms with Crippen LogP contribution in [0.1, 0.15) is 25.1 Å². The molecule has 2 heterocycles. The molecule has 0 aliphatic carbocycles. The molecule has 118 valence electrons. The van der Waals surface area contributed by atoms with E-state index in [1.54, 1.807) is 6.92 Å². The quantitative estimate of drug-likeness (QED) is 0.635. The lowest BCUT2D eigenvalue weighted by Crippen LogP contribution is -2.40. The smallest absolute Gasteiger partial charge is 0.330 e. The van der Waals surface area contributed by atoms with E-state index in [-0.39, 0.29) is 6.61 Å². The van der Waals surface area contributed by atoms with Crippen LogP contribution < -0.4 is 11.2 Å². The first kappa shape index (κ1) is 15.9. The van der Waals surface area contributed by atoms with Gasteiger partial charge in [0.15, 0.2) is 6.23 Å². The summed E-state index contributed by atoms with van der Waals surface area (Å²) in [5.41, 5.74) is -0.777. The van der Waals surface area contributed by atoms with Crippen molar-refractivity contribution in [3.05, 3.63) is 32.6 Å². The van der Waals surface area contributed by atoms with Gasteiger partial charge in [-0.25, -0.2) is 4.79 Å². The Balaban J connectivity index is 2.37. The molecule has 1 aliphatic rings. The normalized spacial score (nSPS) is 29.0. The monoisotopic (exact) mass is 300 g/mol. The molecular weight excluding hydrogens is 280 g/mol. The maximum absolute atomic E-state index is 11.9. The molecule has 1 aliphatic heterocycles. The van der Waals surface area contributed by atoms with E-state index in [0.29, 0.717) is 12.2 Å². The molecule has 8 heteroatoms. The highest BCUT2D eigenvalue weighted by molar-refractivity contribution is 5.03. The zero-order valence-corrected chi connectivity index (χ0v) is 12.0. The minimum atomic E-state index is -1.05. The number of nitrogens with one attached hydrogen (secondary N) is 1. The molecule has 0 amide bonds. The molecule has 1 fully saturated rings. The summed E-state index contributed by atoms with van der Waals surface area (Å²) in [5.74, 6) is 0. The van der Waals surface area contributed by atoms with Crippen molar-refractivity contribution < 1.29 is 19.7 Å². The molecule has 21 heavy (non-hydrogen) atoms. The van der Waals surface area contributed by atoms with Gasteiger partial charge in [0.2, 0.25) is 0 Å². The lowest BCUT2D eigenvalue weighted by Gasteiger charge is -2.22. The van der Waals surface area contributed by atoms with Crippen LogP contribution in [0.5, 0.6) is 0 Å². The summed E-state index contributed by atoms with van der Waals surface area (Å²) < 4.78 is 12.2. The lowest BCUT2D eigenvalue weighted by atomic mass is 10.1. The maximum Gasteiger partial charge on any atom is 0.330 e. The third kappa shape index (κ3) is 3.08. The second-order valence-corrected chi connectivity index (χ2v) is 5.05. The highest BCUT2D eigenvalue weighted by Gasteiger charge is 2.45. The van der Waals surface area contributed by atoms with Gasteiger partial charge < -0.3 is 19.7 Å². The van der Waals surface area contributed by atoms with E-state index < -0.39 is 35.8 Å². The predicted octanol–water partition coefficient (Wildman–Crippen LogP) is -1.11. The number of hydrogen-bond acceptors (Lipinski definition) is 6. The topological polar surface area (TPSA) is 114 Å². The van der Waals surface area contributed by atoms with Crippen molar-refractivity contribution in [3.8, 4) is 0 Å². The summed E-state index contributed by atoms with van der Waals surface area (Å²) in [4.78, 5) is 25.5. The number of nitrogens with zero attached hydrogens (tertiary/aromatic N) is 1. The fourth-order valence-electron chi connectivity index (χ4n) is 2.30. The predicted molar refractivity (Wildman–Crippen MR) is 73.1 cm³/mol. The Morgan fingerprint density at radius 3 is 2.81 bits per heavy atom. The molecule has 1 aromatic heterocycles. The van der Waals surface area contributed by atoms with E-state index in [1.165, 1.54) is 10.8 Å². The number of H-pyrrole nitrogens is 1. The van der Waals surface area contributed by atoms with Crippen LogP contribution in [0.2, 0.25) is 0 Å². The second kappa shape index (κ2) is 6.52. The van der Waals surface area contributed by atoms with E-state index >= 15 is 0 Å². The van der Waals surface area contributed by atoms with Crippen LogP contribution in [0.15, 0.2) is 15.8 Å². The van der Waals surface area contributed by atoms with Crippen molar-refractivity contribution in [2.24, 2.45) is 0 Å². The molecule has 0 bridgehead atoms. The molecule has 1 saturated heterocycles. The SMILES string of the molecule is CCCO[C@H]1C(O)[C@@H](CO)O[C@H]1n1cc(C)c(=O)[nH]c1=O. The summed E-state index contributed by atoms with van der Waals surface area (Å²) in [6.07, 6.45) is -1.47. The van der Waals surface area contributed by atoms with Crippen molar-refractivity contribution in [2.75, 3.05) is 13.2 Å². The van der Waals surface area contributed by atoms with E-state index in [4.69, 9.17) is 9.47 Å². The van der Waals surface area contributed by atoms with Crippen LogP contribution in [-0.4, -0.2) is 51.3 Å². The highest BCUT2D eigenvalue weighted by atomic mass is 16.6. The van der Waals surface area contributed by atoms with Gasteiger partial charge in [-0.05, 0) is 13.3 Å². The van der Waals surface area contributed by atoms with Crippen molar-refractivity contribution in [2.45, 2.75) is 44.8 Å². The Bertz CT molecular complexity index is 595. The molecule has 8 nitrogen and oxygen atoms in total. The van der Waals surface area contributed by atoms with Crippen molar-refractivity contribution in [3.63, 3.8) is 0 Å². The molecule has 1 aromatic rings. The van der Waals surface area contributed by atoms with E-state index in [2.05, 4.69) is 4.98 Å². The number of aryl methyl sites for hydroxylation is 1. The maximum atomic E-state index is 11.9. The highest BCUT2D eigenvalue weighted by Crippen LogP contribution is 2.30. The van der Waals surface area contributed by atoms with E-state index in [9.17, 15) is 19.8 Å². The first-order valence-corrected chi connectivity index (χ1v) is 6.87. The summed E-state index contributed by atoms with van der Waals surface area (Å²) in [6, 6.07) is 0. The van der Waals surface area contributed by atoms with Crippen molar-refractivity contribution >= 4 is 0 Å². The minimum absolute atomic E-state index is 0.342. The van der Waals surface area contributed by atoms with Gasteiger partial charge in [-0.3, -0.25) is 14.3 Å².